The molecular weight excluding hydrogens is 496 g/mol. The normalized spacial score (nSPS) is 16.7. The monoisotopic (exact) mass is 522 g/mol. The Balaban J connectivity index is 1.85. The molecule has 0 radical (unpaired) electrons. The maximum Gasteiger partial charge on any atom is 0.350 e. The molecule has 3 aromatic rings. The van der Waals surface area contributed by atoms with Crippen LogP contribution >= 0.6 is 11.3 Å². The minimum Gasteiger partial charge on any atom is -0.508 e. The van der Waals surface area contributed by atoms with Crippen LogP contribution in [0.15, 0.2) is 54.1 Å². The summed E-state index contributed by atoms with van der Waals surface area (Å²) in [5.74, 6) is -2.28. The molecular formula is C27H26N2O7S. The molecule has 1 fully saturated rings. The van der Waals surface area contributed by atoms with E-state index in [-0.39, 0.29) is 27.1 Å². The van der Waals surface area contributed by atoms with E-state index in [4.69, 9.17) is 9.47 Å². The lowest BCUT2D eigenvalue weighted by molar-refractivity contribution is -0.132. The number of Topliss-reactive ketones (excluding diaryl/α,β-unsaturated/α-hetero) is 1. The van der Waals surface area contributed by atoms with Gasteiger partial charge in [0.25, 0.3) is 5.78 Å². The Bertz CT molecular complexity index is 1380. The number of aromatic nitrogens is 1. The molecule has 0 saturated carbocycles. The summed E-state index contributed by atoms with van der Waals surface area (Å²) in [4.78, 5) is 44.5. The third kappa shape index (κ3) is 5.05. The number of thiazole rings is 1. The Hall–Kier alpha value is -4.18. The van der Waals surface area contributed by atoms with Gasteiger partial charge in [0.15, 0.2) is 5.13 Å². The number of methoxy groups -OCH3 is 1. The molecule has 0 aliphatic carbocycles. The molecule has 0 bridgehead atoms. The van der Waals surface area contributed by atoms with Crippen molar-refractivity contribution in [1.29, 1.82) is 0 Å². The number of aryl methyl sites for hydroxylation is 1. The molecule has 2 heterocycles. The molecule has 1 saturated heterocycles. The summed E-state index contributed by atoms with van der Waals surface area (Å²) < 4.78 is 10.5. The number of phenolic OH excluding ortho intramolecular Hbond substituents is 1. The van der Waals surface area contributed by atoms with Crippen LogP contribution in [-0.2, 0) is 14.3 Å². The standard InChI is InChI=1S/C27H26N2O7S/c1-4-5-13-36-19-8-6-7-17(14-19)22(31)20-21(16-9-11-18(30)12-10-16)29(25(33)23(20)32)27-28-15(2)24(37-27)26(34)35-3/h6-12,14,21,30-31H,4-5,13H2,1-3H3/b22-20+. The average molecular weight is 523 g/mol. The Kier molecular flexibility index (Phi) is 7.58. The summed E-state index contributed by atoms with van der Waals surface area (Å²) in [5, 5.41) is 21.2. The number of hydrogen-bond donors (Lipinski definition) is 2. The van der Waals surface area contributed by atoms with Gasteiger partial charge in [-0.05, 0) is 43.2 Å². The molecule has 10 heteroatoms. The summed E-state index contributed by atoms with van der Waals surface area (Å²) in [6, 6.07) is 11.6. The predicted octanol–water partition coefficient (Wildman–Crippen LogP) is 4.75. The minimum atomic E-state index is -1.05. The first kappa shape index (κ1) is 25.9. The number of nitrogens with zero attached hydrogens (tertiary/aromatic N) is 2. The van der Waals surface area contributed by atoms with Gasteiger partial charge in [-0.2, -0.15) is 0 Å². The number of ether oxygens (including phenoxy) is 2. The highest BCUT2D eigenvalue weighted by atomic mass is 32.1. The zero-order chi connectivity index (χ0) is 26.7. The Morgan fingerprint density at radius 2 is 1.89 bits per heavy atom. The van der Waals surface area contributed by atoms with Gasteiger partial charge in [-0.25, -0.2) is 9.78 Å². The Labute approximate surface area is 217 Å². The van der Waals surface area contributed by atoms with Gasteiger partial charge in [0.05, 0.1) is 31.0 Å². The van der Waals surface area contributed by atoms with Crippen molar-refractivity contribution in [3.8, 4) is 11.5 Å². The number of amides is 1. The fraction of sp³-hybridized carbons (Fsp3) is 0.259. The van der Waals surface area contributed by atoms with Crippen LogP contribution < -0.4 is 9.64 Å². The smallest absolute Gasteiger partial charge is 0.350 e. The molecule has 9 nitrogen and oxygen atoms in total. The van der Waals surface area contributed by atoms with Crippen LogP contribution in [0.25, 0.3) is 5.76 Å². The molecule has 1 unspecified atom stereocenters. The second kappa shape index (κ2) is 10.8. The van der Waals surface area contributed by atoms with Gasteiger partial charge in [-0.1, -0.05) is 48.9 Å². The third-order valence-electron chi connectivity index (χ3n) is 5.89. The number of esters is 1. The Morgan fingerprint density at radius 1 is 1.16 bits per heavy atom. The summed E-state index contributed by atoms with van der Waals surface area (Å²) in [6.45, 7) is 4.15. The van der Waals surface area contributed by atoms with E-state index in [1.165, 1.54) is 19.2 Å². The predicted molar refractivity (Wildman–Crippen MR) is 138 cm³/mol. The van der Waals surface area contributed by atoms with E-state index in [0.29, 0.717) is 29.2 Å². The second-order valence-corrected chi connectivity index (χ2v) is 9.37. The van der Waals surface area contributed by atoms with E-state index >= 15 is 0 Å². The van der Waals surface area contributed by atoms with E-state index in [0.717, 1.165) is 29.1 Å². The van der Waals surface area contributed by atoms with Crippen molar-refractivity contribution >= 4 is 39.9 Å². The lowest BCUT2D eigenvalue weighted by Gasteiger charge is -2.23. The van der Waals surface area contributed by atoms with Gasteiger partial charge in [-0.3, -0.25) is 14.5 Å². The number of aliphatic hydroxyl groups is 1. The zero-order valence-electron chi connectivity index (χ0n) is 20.6. The van der Waals surface area contributed by atoms with E-state index in [1.54, 1.807) is 43.3 Å². The number of carbonyl (C=O) groups excluding carboxylic acids is 3. The minimum absolute atomic E-state index is 0.00398. The van der Waals surface area contributed by atoms with Gasteiger partial charge in [0.1, 0.15) is 22.1 Å². The highest BCUT2D eigenvalue weighted by Gasteiger charge is 2.48. The number of hydrogen-bond acceptors (Lipinski definition) is 9. The number of phenols is 1. The summed E-state index contributed by atoms with van der Waals surface area (Å²) in [7, 11) is 1.24. The molecule has 1 aliphatic rings. The fourth-order valence-electron chi connectivity index (χ4n) is 3.99. The van der Waals surface area contributed by atoms with Crippen LogP contribution in [-0.4, -0.2) is 46.6 Å². The van der Waals surface area contributed by atoms with Gasteiger partial charge in [0, 0.05) is 5.56 Å². The van der Waals surface area contributed by atoms with Gasteiger partial charge in [-0.15, -0.1) is 0 Å². The SMILES string of the molecule is CCCCOc1cccc(/C(O)=C2\C(=O)C(=O)N(c3nc(C)c(C(=O)OC)s3)C2c2ccc(O)cc2)c1. The van der Waals surface area contributed by atoms with Crippen molar-refractivity contribution in [3.63, 3.8) is 0 Å². The molecule has 4 rings (SSSR count). The zero-order valence-corrected chi connectivity index (χ0v) is 21.4. The van der Waals surface area contributed by atoms with Crippen LogP contribution in [0.1, 0.15) is 52.3 Å². The Morgan fingerprint density at radius 3 is 2.57 bits per heavy atom. The van der Waals surface area contributed by atoms with Crippen molar-refractivity contribution in [1.82, 2.24) is 4.98 Å². The number of anilines is 1. The van der Waals surface area contributed by atoms with Crippen LogP contribution in [0, 0.1) is 6.92 Å². The maximum absolute atomic E-state index is 13.3. The van der Waals surface area contributed by atoms with E-state index in [2.05, 4.69) is 4.98 Å². The van der Waals surface area contributed by atoms with Crippen molar-refractivity contribution < 1.29 is 34.1 Å². The number of carbonyl (C=O) groups is 3. The van der Waals surface area contributed by atoms with Gasteiger partial charge in [0.2, 0.25) is 0 Å². The first-order chi connectivity index (χ1) is 17.8. The second-order valence-electron chi connectivity index (χ2n) is 8.39. The molecule has 192 valence electrons. The number of aliphatic hydroxyl groups excluding tert-OH is 1. The van der Waals surface area contributed by atoms with E-state index in [1.807, 2.05) is 6.92 Å². The molecule has 0 spiro atoms. The summed E-state index contributed by atoms with van der Waals surface area (Å²) in [6.07, 6.45) is 1.83. The van der Waals surface area contributed by atoms with Crippen molar-refractivity contribution in [3.05, 3.63) is 75.8 Å². The molecule has 1 amide bonds. The quantitative estimate of drug-likeness (QED) is 0.143. The highest BCUT2D eigenvalue weighted by Crippen LogP contribution is 2.44. The molecule has 1 atom stereocenters. The van der Waals surface area contributed by atoms with Crippen molar-refractivity contribution in [2.24, 2.45) is 0 Å². The number of ketones is 1. The molecule has 2 N–H and O–H groups in total. The number of rotatable bonds is 8. The molecule has 37 heavy (non-hydrogen) atoms. The fourth-order valence-corrected chi connectivity index (χ4v) is 5.00. The molecule has 2 aromatic carbocycles. The van der Waals surface area contributed by atoms with Crippen LogP contribution in [0.2, 0.25) is 0 Å². The summed E-state index contributed by atoms with van der Waals surface area (Å²) in [5.41, 5.74) is 0.965. The van der Waals surface area contributed by atoms with E-state index < -0.39 is 23.7 Å². The average Bonchev–Trinajstić information content (AvgIpc) is 3.40. The maximum atomic E-state index is 13.3. The van der Waals surface area contributed by atoms with E-state index in [9.17, 15) is 24.6 Å². The number of aromatic hydroxyl groups is 1. The molecule has 1 aromatic heterocycles. The van der Waals surface area contributed by atoms with Crippen LogP contribution in [0.3, 0.4) is 0 Å². The largest absolute Gasteiger partial charge is 0.508 e. The van der Waals surface area contributed by atoms with Gasteiger partial charge < -0.3 is 19.7 Å². The van der Waals surface area contributed by atoms with Crippen LogP contribution in [0.5, 0.6) is 11.5 Å². The third-order valence-corrected chi connectivity index (χ3v) is 7.03. The summed E-state index contributed by atoms with van der Waals surface area (Å²) >= 11 is 0.914. The highest BCUT2D eigenvalue weighted by molar-refractivity contribution is 7.17. The van der Waals surface area contributed by atoms with Crippen molar-refractivity contribution in [2.75, 3.05) is 18.6 Å². The topological polar surface area (TPSA) is 126 Å². The first-order valence-electron chi connectivity index (χ1n) is 11.7. The van der Waals surface area contributed by atoms with Crippen molar-refractivity contribution in [2.45, 2.75) is 32.7 Å². The van der Waals surface area contributed by atoms with Crippen LogP contribution in [0.4, 0.5) is 5.13 Å². The lowest BCUT2D eigenvalue weighted by Crippen LogP contribution is -2.29. The number of unbranched alkanes of at least 4 members (excludes halogenated alkanes) is 1. The van der Waals surface area contributed by atoms with Gasteiger partial charge >= 0.3 is 11.9 Å². The number of benzene rings is 2. The first-order valence-corrected chi connectivity index (χ1v) is 12.5. The molecule has 1 aliphatic heterocycles. The lowest BCUT2D eigenvalue weighted by atomic mass is 9.95.